The molecule has 1 rings (SSSR count). The van der Waals surface area contributed by atoms with Gasteiger partial charge in [0.1, 0.15) is 5.82 Å². The maximum atomic E-state index is 13.2. The second-order valence-corrected chi connectivity index (χ2v) is 4.53. The van der Waals surface area contributed by atoms with Crippen molar-refractivity contribution in [3.05, 3.63) is 30.1 Å². The van der Waals surface area contributed by atoms with Crippen LogP contribution in [0.5, 0.6) is 0 Å². The molecular formula is C11H11F4NO2S. The van der Waals surface area contributed by atoms with Gasteiger partial charge in [-0.15, -0.1) is 11.8 Å². The molecule has 19 heavy (non-hydrogen) atoms. The maximum Gasteiger partial charge on any atom is 0.422 e. The van der Waals surface area contributed by atoms with Crippen LogP contribution in [0.2, 0.25) is 0 Å². The zero-order valence-corrected chi connectivity index (χ0v) is 10.5. The van der Waals surface area contributed by atoms with Crippen molar-refractivity contribution in [1.29, 1.82) is 0 Å². The van der Waals surface area contributed by atoms with Crippen molar-refractivity contribution in [2.24, 2.45) is 0 Å². The van der Waals surface area contributed by atoms with E-state index in [1.165, 1.54) is 6.07 Å². The van der Waals surface area contributed by atoms with Crippen LogP contribution in [0.1, 0.15) is 0 Å². The molecule has 0 heterocycles. The highest BCUT2D eigenvalue weighted by Crippen LogP contribution is 2.20. The monoisotopic (exact) mass is 297 g/mol. The maximum absolute atomic E-state index is 13.2. The first-order valence-electron chi connectivity index (χ1n) is 5.23. The number of thioether (sulfide) groups is 1. The highest BCUT2D eigenvalue weighted by Gasteiger charge is 2.29. The number of carbonyl (C=O) groups is 1. The molecule has 0 fully saturated rings. The molecule has 0 aromatic heterocycles. The Morgan fingerprint density at radius 1 is 1.32 bits per heavy atom. The SMILES string of the molecule is O=C(NCCSc1ccccc1F)OCC(F)(F)F. The number of rotatable bonds is 5. The lowest BCUT2D eigenvalue weighted by molar-refractivity contribution is -0.160. The summed E-state index contributed by atoms with van der Waals surface area (Å²) in [4.78, 5) is 11.3. The number of alkyl halides is 3. The molecule has 0 aliphatic carbocycles. The fraction of sp³-hybridized carbons (Fsp3) is 0.364. The van der Waals surface area contributed by atoms with E-state index in [4.69, 9.17) is 0 Å². The molecule has 0 aliphatic rings. The van der Waals surface area contributed by atoms with E-state index in [1.54, 1.807) is 18.2 Å². The molecule has 3 nitrogen and oxygen atoms in total. The van der Waals surface area contributed by atoms with Crippen molar-refractivity contribution in [3.63, 3.8) is 0 Å². The van der Waals surface area contributed by atoms with Crippen LogP contribution in [0, 0.1) is 5.82 Å². The smallest absolute Gasteiger partial charge is 0.422 e. The van der Waals surface area contributed by atoms with E-state index in [0.29, 0.717) is 10.6 Å². The number of alkyl carbamates (subject to hydrolysis) is 1. The lowest BCUT2D eigenvalue weighted by Gasteiger charge is -2.09. The molecule has 0 saturated carbocycles. The van der Waals surface area contributed by atoms with E-state index < -0.39 is 18.9 Å². The van der Waals surface area contributed by atoms with Crippen molar-refractivity contribution in [3.8, 4) is 0 Å². The molecule has 0 atom stereocenters. The van der Waals surface area contributed by atoms with Gasteiger partial charge in [-0.3, -0.25) is 0 Å². The third-order valence-electron chi connectivity index (χ3n) is 1.83. The van der Waals surface area contributed by atoms with Crippen molar-refractivity contribution < 1.29 is 27.1 Å². The van der Waals surface area contributed by atoms with E-state index in [9.17, 15) is 22.4 Å². The van der Waals surface area contributed by atoms with Crippen molar-refractivity contribution in [2.45, 2.75) is 11.1 Å². The Hall–Kier alpha value is -1.44. The summed E-state index contributed by atoms with van der Waals surface area (Å²) in [5.74, 6) is -0.0608. The van der Waals surface area contributed by atoms with Gasteiger partial charge in [-0.05, 0) is 12.1 Å². The first-order valence-corrected chi connectivity index (χ1v) is 6.22. The van der Waals surface area contributed by atoms with Gasteiger partial charge in [-0.2, -0.15) is 13.2 Å². The van der Waals surface area contributed by atoms with Crippen LogP contribution < -0.4 is 5.32 Å². The molecule has 1 aromatic rings. The van der Waals surface area contributed by atoms with Crippen molar-refractivity contribution >= 4 is 17.9 Å². The summed E-state index contributed by atoms with van der Waals surface area (Å²) < 4.78 is 52.3. The summed E-state index contributed by atoms with van der Waals surface area (Å²) in [5.41, 5.74) is 0. The molecule has 0 saturated heterocycles. The third-order valence-corrected chi connectivity index (χ3v) is 2.88. The van der Waals surface area contributed by atoms with Gasteiger partial charge >= 0.3 is 12.3 Å². The summed E-state index contributed by atoms with van der Waals surface area (Å²) >= 11 is 1.15. The number of halogens is 4. The first kappa shape index (κ1) is 15.6. The molecule has 8 heteroatoms. The van der Waals surface area contributed by atoms with Gasteiger partial charge in [0.05, 0.1) is 0 Å². The van der Waals surface area contributed by atoms with Crippen LogP contribution in [-0.4, -0.2) is 31.2 Å². The Balaban J connectivity index is 2.17. The van der Waals surface area contributed by atoms with Crippen LogP contribution in [-0.2, 0) is 4.74 Å². The second kappa shape index (κ2) is 7.22. The number of hydrogen-bond donors (Lipinski definition) is 1. The molecule has 1 N–H and O–H groups in total. The van der Waals surface area contributed by atoms with Gasteiger partial charge in [-0.1, -0.05) is 12.1 Å². The highest BCUT2D eigenvalue weighted by molar-refractivity contribution is 7.99. The summed E-state index contributed by atoms with van der Waals surface area (Å²) in [6.07, 6.45) is -5.69. The Bertz CT molecular complexity index is 425. The third kappa shape index (κ3) is 6.90. The zero-order valence-electron chi connectivity index (χ0n) is 9.67. The lowest BCUT2D eigenvalue weighted by atomic mass is 10.3. The quantitative estimate of drug-likeness (QED) is 0.515. The predicted octanol–water partition coefficient (Wildman–Crippen LogP) is 3.21. The largest absolute Gasteiger partial charge is 0.440 e. The first-order chi connectivity index (χ1) is 8.88. The minimum Gasteiger partial charge on any atom is -0.440 e. The number of ether oxygens (including phenoxy) is 1. The molecule has 106 valence electrons. The molecule has 0 radical (unpaired) electrons. The van der Waals surface area contributed by atoms with Crippen LogP contribution in [0.3, 0.4) is 0 Å². The van der Waals surface area contributed by atoms with Gasteiger partial charge in [-0.25, -0.2) is 9.18 Å². The summed E-state index contributed by atoms with van der Waals surface area (Å²) in [5, 5.41) is 2.14. The molecular weight excluding hydrogens is 286 g/mol. The molecule has 0 aliphatic heterocycles. The summed E-state index contributed by atoms with van der Waals surface area (Å²) in [7, 11) is 0. The Morgan fingerprint density at radius 2 is 2.00 bits per heavy atom. The van der Waals surface area contributed by atoms with Gasteiger partial charge in [0.2, 0.25) is 0 Å². The number of benzene rings is 1. The summed E-state index contributed by atoms with van der Waals surface area (Å²) in [6.45, 7) is -1.55. The van der Waals surface area contributed by atoms with E-state index in [-0.39, 0.29) is 12.4 Å². The van der Waals surface area contributed by atoms with Gasteiger partial charge in [0.25, 0.3) is 0 Å². The van der Waals surface area contributed by atoms with Gasteiger partial charge < -0.3 is 10.1 Å². The van der Waals surface area contributed by atoms with E-state index in [0.717, 1.165) is 11.8 Å². The van der Waals surface area contributed by atoms with E-state index >= 15 is 0 Å². The molecule has 0 spiro atoms. The topological polar surface area (TPSA) is 38.3 Å². The van der Waals surface area contributed by atoms with Gasteiger partial charge in [0.15, 0.2) is 6.61 Å². The standard InChI is InChI=1S/C11H11F4NO2S/c12-8-3-1-2-4-9(8)19-6-5-16-10(17)18-7-11(13,14)15/h1-4H,5-7H2,(H,16,17). The van der Waals surface area contributed by atoms with Crippen LogP contribution in [0.4, 0.5) is 22.4 Å². The molecule has 0 unspecified atom stereocenters. The molecule has 1 amide bonds. The minimum absolute atomic E-state index is 0.0791. The Morgan fingerprint density at radius 3 is 2.63 bits per heavy atom. The minimum atomic E-state index is -4.54. The average molecular weight is 297 g/mol. The normalized spacial score (nSPS) is 11.2. The number of carbonyl (C=O) groups excluding carboxylic acids is 1. The fourth-order valence-electron chi connectivity index (χ4n) is 1.07. The van der Waals surface area contributed by atoms with E-state index in [1.807, 2.05) is 0 Å². The van der Waals surface area contributed by atoms with Crippen molar-refractivity contribution in [2.75, 3.05) is 18.9 Å². The molecule has 0 bridgehead atoms. The zero-order chi connectivity index (χ0) is 14.3. The molecule has 1 aromatic carbocycles. The highest BCUT2D eigenvalue weighted by atomic mass is 32.2. The Kier molecular flexibility index (Phi) is 5.94. The lowest BCUT2D eigenvalue weighted by Crippen LogP contribution is -2.30. The van der Waals surface area contributed by atoms with Gasteiger partial charge in [0, 0.05) is 17.2 Å². The van der Waals surface area contributed by atoms with Crippen LogP contribution >= 0.6 is 11.8 Å². The predicted molar refractivity (Wildman–Crippen MR) is 62.5 cm³/mol. The Labute approximate surface area is 111 Å². The van der Waals surface area contributed by atoms with E-state index in [2.05, 4.69) is 10.1 Å². The van der Waals surface area contributed by atoms with Crippen molar-refractivity contribution in [1.82, 2.24) is 5.32 Å². The number of amides is 1. The average Bonchev–Trinajstić information content (AvgIpc) is 2.33. The number of hydrogen-bond acceptors (Lipinski definition) is 3. The van der Waals surface area contributed by atoms with Crippen LogP contribution in [0.15, 0.2) is 29.2 Å². The second-order valence-electron chi connectivity index (χ2n) is 3.40. The number of nitrogens with one attached hydrogen (secondary N) is 1. The summed E-state index contributed by atoms with van der Waals surface area (Å²) in [6, 6.07) is 6.08. The van der Waals surface area contributed by atoms with Crippen LogP contribution in [0.25, 0.3) is 0 Å². The fourth-order valence-corrected chi connectivity index (χ4v) is 1.88.